The molecule has 2 nitrogen and oxygen atoms in total. The van der Waals surface area contributed by atoms with Crippen molar-refractivity contribution in [2.45, 2.75) is 0 Å². The Labute approximate surface area is 316 Å². The number of nitrogens with zero attached hydrogens (tertiary/aromatic N) is 2. The lowest BCUT2D eigenvalue weighted by molar-refractivity contribution is 1.33. The van der Waals surface area contributed by atoms with Crippen LogP contribution in [-0.4, -0.2) is 9.97 Å². The number of rotatable bonds is 8. The fourth-order valence-corrected chi connectivity index (χ4v) is 7.22. The minimum Gasteiger partial charge on any atom is -0.265 e. The van der Waals surface area contributed by atoms with Gasteiger partial charge < -0.3 is 0 Å². The van der Waals surface area contributed by atoms with Gasteiger partial charge in [-0.25, -0.2) is 0 Å². The van der Waals surface area contributed by atoms with E-state index in [9.17, 15) is 0 Å². The van der Waals surface area contributed by atoms with Gasteiger partial charge in [0.1, 0.15) is 0 Å². The van der Waals surface area contributed by atoms with E-state index in [2.05, 4.69) is 204 Å². The number of aromatic nitrogens is 2. The Hall–Kier alpha value is -7.16. The maximum absolute atomic E-state index is 4.24. The standard InChI is InChI=1S/C52H36N2/c1-3-9-37(10-4-1)47-31-48(38-11-5-2-6-12-38)33-49(32-47)40-19-17-39(18-20-40)43-13-7-14-44(29-43)45-15-8-16-46(30-45)52-35-50(41-21-25-53-26-22-41)34-51(36-52)42-23-27-54-28-24-42/h1-36H. The Morgan fingerprint density at radius 2 is 0.389 bits per heavy atom. The summed E-state index contributed by atoms with van der Waals surface area (Å²) in [6.45, 7) is 0. The molecule has 0 bridgehead atoms. The molecule has 54 heavy (non-hydrogen) atoms. The van der Waals surface area contributed by atoms with Gasteiger partial charge in [-0.05, 0) is 162 Å². The van der Waals surface area contributed by atoms with Gasteiger partial charge in [0.05, 0.1) is 0 Å². The SMILES string of the molecule is c1ccc(-c2cc(-c3ccccc3)cc(-c3ccc(-c4cccc(-c5cccc(-c6cc(-c7ccncc7)cc(-c7ccncc7)c6)c5)c4)cc3)c2)cc1. The lowest BCUT2D eigenvalue weighted by Crippen LogP contribution is -1.88. The molecule has 0 fully saturated rings. The van der Waals surface area contributed by atoms with Crippen molar-refractivity contribution in [1.29, 1.82) is 0 Å². The zero-order valence-electron chi connectivity index (χ0n) is 29.7. The lowest BCUT2D eigenvalue weighted by atomic mass is 9.91. The third-order valence-electron chi connectivity index (χ3n) is 10.1. The predicted molar refractivity (Wildman–Crippen MR) is 226 cm³/mol. The van der Waals surface area contributed by atoms with E-state index < -0.39 is 0 Å². The maximum Gasteiger partial charge on any atom is 0.0273 e. The molecule has 2 heterocycles. The first-order chi connectivity index (χ1) is 26.7. The Morgan fingerprint density at radius 1 is 0.167 bits per heavy atom. The summed E-state index contributed by atoms with van der Waals surface area (Å²) in [4.78, 5) is 8.49. The third-order valence-corrected chi connectivity index (χ3v) is 10.1. The zero-order valence-corrected chi connectivity index (χ0v) is 29.7. The normalized spacial score (nSPS) is 11.0. The van der Waals surface area contributed by atoms with E-state index in [0.29, 0.717) is 0 Å². The maximum atomic E-state index is 4.24. The third kappa shape index (κ3) is 7.01. The van der Waals surface area contributed by atoms with Crippen LogP contribution in [0, 0.1) is 0 Å². The summed E-state index contributed by atoms with van der Waals surface area (Å²) in [6.07, 6.45) is 7.39. The van der Waals surface area contributed by atoms with Gasteiger partial charge in [-0.3, -0.25) is 9.97 Å². The molecular formula is C52H36N2. The highest BCUT2D eigenvalue weighted by Crippen LogP contribution is 2.37. The molecule has 7 aromatic carbocycles. The lowest BCUT2D eigenvalue weighted by Gasteiger charge is -2.13. The molecule has 0 radical (unpaired) electrons. The number of hydrogen-bond donors (Lipinski definition) is 0. The van der Waals surface area contributed by atoms with Crippen LogP contribution in [0.2, 0.25) is 0 Å². The molecule has 2 heteroatoms. The Morgan fingerprint density at radius 3 is 0.759 bits per heavy atom. The highest BCUT2D eigenvalue weighted by molar-refractivity contribution is 5.85. The molecule has 0 saturated heterocycles. The molecule has 0 aliphatic rings. The van der Waals surface area contributed by atoms with E-state index in [4.69, 9.17) is 0 Å². The monoisotopic (exact) mass is 688 g/mol. The van der Waals surface area contributed by atoms with Gasteiger partial charge >= 0.3 is 0 Å². The van der Waals surface area contributed by atoms with Crippen LogP contribution >= 0.6 is 0 Å². The van der Waals surface area contributed by atoms with Gasteiger partial charge in [-0.1, -0.05) is 121 Å². The van der Waals surface area contributed by atoms with Crippen molar-refractivity contribution in [3.63, 3.8) is 0 Å². The molecule has 0 atom stereocenters. The fourth-order valence-electron chi connectivity index (χ4n) is 7.22. The second kappa shape index (κ2) is 14.8. The number of hydrogen-bond acceptors (Lipinski definition) is 2. The van der Waals surface area contributed by atoms with Crippen LogP contribution < -0.4 is 0 Å². The highest BCUT2D eigenvalue weighted by atomic mass is 14.6. The molecule has 0 spiro atoms. The van der Waals surface area contributed by atoms with Gasteiger partial charge in [0, 0.05) is 24.8 Å². The van der Waals surface area contributed by atoms with Gasteiger partial charge in [0.15, 0.2) is 0 Å². The summed E-state index contributed by atoms with van der Waals surface area (Å²) in [6, 6.07) is 69.9. The number of pyridine rings is 2. The molecule has 2 aromatic heterocycles. The molecule has 0 saturated carbocycles. The molecule has 0 N–H and O–H groups in total. The Bertz CT molecular complexity index is 2550. The summed E-state index contributed by atoms with van der Waals surface area (Å²) in [7, 11) is 0. The van der Waals surface area contributed by atoms with Crippen LogP contribution in [0.15, 0.2) is 219 Å². The summed E-state index contributed by atoms with van der Waals surface area (Å²) >= 11 is 0. The molecule has 254 valence electrons. The van der Waals surface area contributed by atoms with Crippen molar-refractivity contribution < 1.29 is 0 Å². The van der Waals surface area contributed by atoms with Crippen molar-refractivity contribution in [1.82, 2.24) is 9.97 Å². The smallest absolute Gasteiger partial charge is 0.0273 e. The molecule has 0 aliphatic heterocycles. The van der Waals surface area contributed by atoms with E-state index in [1.807, 2.05) is 24.8 Å². The summed E-state index contributed by atoms with van der Waals surface area (Å²) in [5, 5.41) is 0. The fraction of sp³-hybridized carbons (Fsp3) is 0. The van der Waals surface area contributed by atoms with E-state index in [1.54, 1.807) is 0 Å². The van der Waals surface area contributed by atoms with Crippen LogP contribution in [-0.2, 0) is 0 Å². The van der Waals surface area contributed by atoms with Crippen LogP contribution in [0.25, 0.3) is 89.0 Å². The Kier molecular flexibility index (Phi) is 8.99. The molecular weight excluding hydrogens is 653 g/mol. The highest BCUT2D eigenvalue weighted by Gasteiger charge is 2.11. The van der Waals surface area contributed by atoms with E-state index >= 15 is 0 Å². The van der Waals surface area contributed by atoms with Gasteiger partial charge in [0.25, 0.3) is 0 Å². The van der Waals surface area contributed by atoms with Crippen LogP contribution in [0.5, 0.6) is 0 Å². The predicted octanol–water partition coefficient (Wildman–Crippen LogP) is 13.8. The van der Waals surface area contributed by atoms with Crippen molar-refractivity contribution in [3.8, 4) is 89.0 Å². The first-order valence-corrected chi connectivity index (χ1v) is 18.3. The Balaban J connectivity index is 1.04. The molecule has 9 rings (SSSR count). The largest absolute Gasteiger partial charge is 0.265 e. The molecule has 0 aliphatic carbocycles. The summed E-state index contributed by atoms with van der Waals surface area (Å²) < 4.78 is 0. The quantitative estimate of drug-likeness (QED) is 0.159. The van der Waals surface area contributed by atoms with Crippen molar-refractivity contribution in [2.75, 3.05) is 0 Å². The minimum atomic E-state index is 1.14. The van der Waals surface area contributed by atoms with Crippen molar-refractivity contribution >= 4 is 0 Å². The average molecular weight is 689 g/mol. The van der Waals surface area contributed by atoms with E-state index in [0.717, 1.165) is 27.8 Å². The molecule has 9 aromatic rings. The van der Waals surface area contributed by atoms with E-state index in [1.165, 1.54) is 61.2 Å². The summed E-state index contributed by atoms with van der Waals surface area (Å²) in [5.41, 5.74) is 18.9. The second-order valence-electron chi connectivity index (χ2n) is 13.5. The van der Waals surface area contributed by atoms with Crippen LogP contribution in [0.3, 0.4) is 0 Å². The van der Waals surface area contributed by atoms with Crippen LogP contribution in [0.4, 0.5) is 0 Å². The second-order valence-corrected chi connectivity index (χ2v) is 13.5. The van der Waals surface area contributed by atoms with Crippen molar-refractivity contribution in [2.24, 2.45) is 0 Å². The minimum absolute atomic E-state index is 1.14. The first-order valence-electron chi connectivity index (χ1n) is 18.3. The zero-order chi connectivity index (χ0) is 36.1. The summed E-state index contributed by atoms with van der Waals surface area (Å²) in [5.74, 6) is 0. The van der Waals surface area contributed by atoms with Gasteiger partial charge in [-0.15, -0.1) is 0 Å². The van der Waals surface area contributed by atoms with Crippen molar-refractivity contribution in [3.05, 3.63) is 219 Å². The van der Waals surface area contributed by atoms with Gasteiger partial charge in [-0.2, -0.15) is 0 Å². The van der Waals surface area contributed by atoms with E-state index in [-0.39, 0.29) is 0 Å². The van der Waals surface area contributed by atoms with Crippen LogP contribution in [0.1, 0.15) is 0 Å². The first kappa shape index (κ1) is 32.7. The average Bonchev–Trinajstić information content (AvgIpc) is 3.27. The number of benzene rings is 7. The van der Waals surface area contributed by atoms with Gasteiger partial charge in [0.2, 0.25) is 0 Å². The topological polar surface area (TPSA) is 25.8 Å². The molecule has 0 amide bonds. The molecule has 0 unspecified atom stereocenters.